The number of nitrogens with zero attached hydrogens (tertiary/aromatic N) is 1. The van der Waals surface area contributed by atoms with Gasteiger partial charge in [-0.25, -0.2) is 0 Å². The molecule has 2 aromatic carbocycles. The topological polar surface area (TPSA) is 124 Å². The molecule has 0 unspecified atom stereocenters. The number of hydrogen-bond acceptors (Lipinski definition) is 6. The first-order valence-corrected chi connectivity index (χ1v) is 12.5. The first-order chi connectivity index (χ1) is 17.4. The molecule has 0 radical (unpaired) electrons. The molecule has 0 spiro atoms. The summed E-state index contributed by atoms with van der Waals surface area (Å²) in [5.41, 5.74) is 0.413. The lowest BCUT2D eigenvalue weighted by molar-refractivity contribution is -0.132. The Balaban J connectivity index is 1.62. The summed E-state index contributed by atoms with van der Waals surface area (Å²) >= 11 is 0. The van der Waals surface area contributed by atoms with Crippen molar-refractivity contribution in [2.45, 2.75) is 69.9 Å². The van der Waals surface area contributed by atoms with Gasteiger partial charge in [0.1, 0.15) is 17.5 Å². The number of carbonyl (C=O) groups excluding carboxylic acids is 2. The second-order valence-electron chi connectivity index (χ2n) is 10.9. The quantitative estimate of drug-likeness (QED) is 0.455. The molecule has 9 nitrogen and oxygen atoms in total. The van der Waals surface area contributed by atoms with E-state index in [-0.39, 0.29) is 24.2 Å². The maximum absolute atomic E-state index is 13.4. The summed E-state index contributed by atoms with van der Waals surface area (Å²) in [4.78, 5) is 28.0. The van der Waals surface area contributed by atoms with Gasteiger partial charge in [-0.15, -0.1) is 0 Å². The molecule has 0 aromatic heterocycles. The van der Waals surface area contributed by atoms with Crippen molar-refractivity contribution in [3.63, 3.8) is 0 Å². The first-order valence-electron chi connectivity index (χ1n) is 12.5. The fraction of sp³-hybridized carbons (Fsp3) is 0.464. The monoisotopic (exact) mass is 508 g/mol. The van der Waals surface area contributed by atoms with Gasteiger partial charge < -0.3 is 25.2 Å². The average molecular weight is 509 g/mol. The molecule has 2 amide bonds. The van der Waals surface area contributed by atoms with E-state index in [1.54, 1.807) is 39.2 Å². The largest absolute Gasteiger partial charge is 0.485 e. The minimum atomic E-state index is -0.968. The van der Waals surface area contributed by atoms with Crippen LogP contribution >= 0.6 is 0 Å². The molecule has 2 aliphatic rings. The van der Waals surface area contributed by atoms with E-state index >= 15 is 0 Å². The number of benzene rings is 2. The van der Waals surface area contributed by atoms with Gasteiger partial charge >= 0.3 is 0 Å². The fourth-order valence-corrected chi connectivity index (χ4v) is 5.03. The zero-order valence-corrected chi connectivity index (χ0v) is 22.0. The zero-order valence-electron chi connectivity index (χ0n) is 22.0. The van der Waals surface area contributed by atoms with Crippen LogP contribution in [-0.4, -0.2) is 58.7 Å². The van der Waals surface area contributed by atoms with E-state index < -0.39 is 29.3 Å². The first kappa shape index (κ1) is 26.6. The third-order valence-corrected chi connectivity index (χ3v) is 6.94. The highest BCUT2D eigenvalue weighted by Gasteiger charge is 2.44. The number of methoxy groups -OCH3 is 1. The molecule has 1 fully saturated rings. The molecule has 2 aliphatic heterocycles. The summed E-state index contributed by atoms with van der Waals surface area (Å²) in [6.45, 7) is 7.72. The van der Waals surface area contributed by atoms with Gasteiger partial charge in [0.2, 0.25) is 5.91 Å². The van der Waals surface area contributed by atoms with Crippen molar-refractivity contribution < 1.29 is 24.2 Å². The molecule has 198 valence electrons. The summed E-state index contributed by atoms with van der Waals surface area (Å²) in [5.74, 6) is 0.132. The molecule has 4 N–H and O–H groups in total. The molecule has 3 atom stereocenters. The Hall–Kier alpha value is -3.43. The highest BCUT2D eigenvalue weighted by atomic mass is 16.5. The number of amides is 2. The summed E-state index contributed by atoms with van der Waals surface area (Å²) in [6.07, 6.45) is -0.265. The fourth-order valence-electron chi connectivity index (χ4n) is 5.03. The van der Waals surface area contributed by atoms with E-state index in [1.807, 2.05) is 44.2 Å². The van der Waals surface area contributed by atoms with Crippen molar-refractivity contribution in [1.82, 2.24) is 15.5 Å². The Kier molecular flexibility index (Phi) is 7.30. The lowest BCUT2D eigenvalue weighted by atomic mass is 9.86. The number of para-hydroxylation sites is 1. The van der Waals surface area contributed by atoms with Gasteiger partial charge in [0.25, 0.3) is 5.91 Å². The molecule has 37 heavy (non-hydrogen) atoms. The van der Waals surface area contributed by atoms with Crippen LogP contribution in [0.3, 0.4) is 0 Å². The van der Waals surface area contributed by atoms with Gasteiger partial charge in [-0.3, -0.25) is 19.9 Å². The molecule has 0 aliphatic carbocycles. The van der Waals surface area contributed by atoms with Gasteiger partial charge in [-0.1, -0.05) is 30.3 Å². The van der Waals surface area contributed by atoms with Gasteiger partial charge in [0, 0.05) is 36.8 Å². The second-order valence-corrected chi connectivity index (χ2v) is 10.9. The van der Waals surface area contributed by atoms with Crippen LogP contribution in [0.1, 0.15) is 74.1 Å². The zero-order chi connectivity index (χ0) is 27.0. The van der Waals surface area contributed by atoms with Crippen LogP contribution < -0.4 is 15.4 Å². The van der Waals surface area contributed by atoms with Crippen molar-refractivity contribution in [2.75, 3.05) is 13.7 Å². The number of nitrogens with one attached hydrogen (secondary N) is 3. The van der Waals surface area contributed by atoms with Gasteiger partial charge in [0.05, 0.1) is 12.1 Å². The molecule has 2 aromatic rings. The number of aliphatic hydroxyl groups excluding tert-OH is 1. The van der Waals surface area contributed by atoms with Crippen LogP contribution in [-0.2, 0) is 9.53 Å². The van der Waals surface area contributed by atoms with Crippen LogP contribution in [0.2, 0.25) is 0 Å². The van der Waals surface area contributed by atoms with E-state index in [2.05, 4.69) is 10.6 Å². The maximum Gasteiger partial charge on any atom is 0.251 e. The predicted octanol–water partition coefficient (Wildman–Crippen LogP) is 3.30. The maximum atomic E-state index is 13.4. The van der Waals surface area contributed by atoms with E-state index in [0.717, 1.165) is 5.56 Å². The van der Waals surface area contributed by atoms with Gasteiger partial charge in [-0.2, -0.15) is 0 Å². The number of fused-ring (bicyclic) bond motifs is 1. The van der Waals surface area contributed by atoms with Crippen molar-refractivity contribution in [2.24, 2.45) is 0 Å². The number of aliphatic hydroxyl groups is 1. The number of carbonyl (C=O) groups is 2. The number of hydrogen-bond donors (Lipinski definition) is 4. The van der Waals surface area contributed by atoms with E-state index in [1.165, 1.54) is 4.90 Å². The Morgan fingerprint density at radius 1 is 1.24 bits per heavy atom. The van der Waals surface area contributed by atoms with Crippen LogP contribution in [0.25, 0.3) is 0 Å². The van der Waals surface area contributed by atoms with Crippen LogP contribution in [0.4, 0.5) is 0 Å². The predicted molar refractivity (Wildman–Crippen MR) is 139 cm³/mol. The Morgan fingerprint density at radius 2 is 1.97 bits per heavy atom. The summed E-state index contributed by atoms with van der Waals surface area (Å²) in [6, 6.07) is 13.2. The minimum absolute atomic E-state index is 0.0291. The van der Waals surface area contributed by atoms with Crippen molar-refractivity contribution in [3.8, 4) is 5.75 Å². The molecule has 9 heteroatoms. The lowest BCUT2D eigenvalue weighted by Crippen LogP contribution is -2.60. The summed E-state index contributed by atoms with van der Waals surface area (Å²) < 4.78 is 11.3. The molecule has 1 saturated heterocycles. The normalized spacial score (nSPS) is 22.9. The number of rotatable bonds is 7. The van der Waals surface area contributed by atoms with E-state index in [9.17, 15) is 14.7 Å². The van der Waals surface area contributed by atoms with Crippen LogP contribution in [0, 0.1) is 5.41 Å². The second kappa shape index (κ2) is 10.1. The highest BCUT2D eigenvalue weighted by Crippen LogP contribution is 2.39. The summed E-state index contributed by atoms with van der Waals surface area (Å²) in [7, 11) is 1.59. The third-order valence-electron chi connectivity index (χ3n) is 6.94. The third kappa shape index (κ3) is 5.47. The standard InChI is InChI=1S/C28H36N4O5/c1-27(2)16-22(33)32(26(29)31-27)20(13-14-36-5)17-9-8-10-18(15-17)25(35)30-23-19-11-6-7-12-21(19)37-28(3,4)24(23)34/h6-12,15,20,23-24,34H,13-14,16H2,1-5H3,(H2,29,31)(H,30,35)/t20-,23-,24+/m1/s1. The molecule has 2 heterocycles. The Bertz CT molecular complexity index is 1170. The Labute approximate surface area is 217 Å². The lowest BCUT2D eigenvalue weighted by Gasteiger charge is -2.42. The number of guanidine groups is 1. The molecular formula is C28H36N4O5. The van der Waals surface area contributed by atoms with Crippen molar-refractivity contribution in [3.05, 3.63) is 65.2 Å². The van der Waals surface area contributed by atoms with Gasteiger partial charge in [-0.05, 0) is 57.9 Å². The Morgan fingerprint density at radius 3 is 2.68 bits per heavy atom. The highest BCUT2D eigenvalue weighted by molar-refractivity contribution is 5.99. The van der Waals surface area contributed by atoms with Gasteiger partial charge in [0.15, 0.2) is 5.96 Å². The van der Waals surface area contributed by atoms with E-state index in [0.29, 0.717) is 29.9 Å². The molecule has 0 bridgehead atoms. The van der Waals surface area contributed by atoms with Crippen LogP contribution in [0.15, 0.2) is 48.5 Å². The van der Waals surface area contributed by atoms with Crippen molar-refractivity contribution in [1.29, 1.82) is 5.41 Å². The molecular weight excluding hydrogens is 472 g/mol. The average Bonchev–Trinajstić information content (AvgIpc) is 2.82. The SMILES string of the molecule is COCC[C@H](c1cccc(C(=O)N[C@@H]2c3ccccc3OC(C)(C)[C@H]2O)c1)N1C(=N)NC(C)(C)CC1=O. The summed E-state index contributed by atoms with van der Waals surface area (Å²) in [5, 5.41) is 25.6. The molecule has 4 rings (SSSR count). The number of ether oxygens (including phenoxy) is 2. The smallest absolute Gasteiger partial charge is 0.251 e. The molecule has 0 saturated carbocycles. The van der Waals surface area contributed by atoms with Crippen LogP contribution in [0.5, 0.6) is 5.75 Å². The van der Waals surface area contributed by atoms with Crippen molar-refractivity contribution >= 4 is 17.8 Å². The minimum Gasteiger partial charge on any atom is -0.485 e. The van der Waals surface area contributed by atoms with E-state index in [4.69, 9.17) is 14.9 Å².